The van der Waals surface area contributed by atoms with Crippen LogP contribution in [0.25, 0.3) is 11.1 Å². The third-order valence-corrected chi connectivity index (χ3v) is 13.4. The molecule has 4 aromatic rings. The van der Waals surface area contributed by atoms with Gasteiger partial charge in [-0.25, -0.2) is 8.78 Å². The number of aliphatic hydroxyl groups excluding tert-OH is 1. The van der Waals surface area contributed by atoms with Crippen LogP contribution in [-0.2, 0) is 70.5 Å². The standard InChI is InChI=1S/C58H70F2N12O14/c1-33(65-46(75)25-35-17-20-62-21-18-35)53(82)66-34(2)54(83)69-43(28-45(61)74)57(86)68-42(56(85)64-23-22-63-55(84)41(13-16-51(80)81)67-47(76)31-72-48(77)14-15-49(72)78)19-24-71(50(79)32-73)52(58(3,4)5)44-26-37(39-27-38(59)11-12-40(39)60)30-70(44)29-36-9-7-6-8-10-36/h6-12,14-15,17-18,20-21,26-27,30,33-34,41-43,52,73H,13,16,19,22-25,28-29,31-32H2,1-5H3,(H2,61,74)(H,63,84)(H,64,85)(H,65,75)(H,66,82)(H,67,76)(H,68,86)(H,69,83)(H,80,81)/t33-,34+,41+,42-,43-,52-/m0/s1. The number of carbonyl (C=O) groups excluding carboxylic acids is 11. The van der Waals surface area contributed by atoms with Gasteiger partial charge in [0.15, 0.2) is 0 Å². The van der Waals surface area contributed by atoms with Crippen LogP contribution in [-0.4, -0.2) is 164 Å². The predicted octanol–water partition coefficient (Wildman–Crippen LogP) is -0.221. The van der Waals surface area contributed by atoms with Gasteiger partial charge in [-0.15, -0.1) is 0 Å². The fourth-order valence-electron chi connectivity index (χ4n) is 9.19. The second-order valence-electron chi connectivity index (χ2n) is 21.3. The van der Waals surface area contributed by atoms with Crippen LogP contribution in [0, 0.1) is 17.0 Å². The number of aliphatic hydroxyl groups is 1. The van der Waals surface area contributed by atoms with Crippen LogP contribution < -0.4 is 43.0 Å². The van der Waals surface area contributed by atoms with E-state index in [2.05, 4.69) is 42.2 Å². The van der Waals surface area contributed by atoms with E-state index in [1.807, 2.05) is 12.1 Å². The third kappa shape index (κ3) is 20.0. The van der Waals surface area contributed by atoms with Gasteiger partial charge in [0.2, 0.25) is 53.2 Å². The van der Waals surface area contributed by atoms with Crippen molar-refractivity contribution in [2.45, 2.75) is 110 Å². The van der Waals surface area contributed by atoms with E-state index in [1.165, 1.54) is 31.1 Å². The molecule has 0 saturated carbocycles. The molecule has 11 amide bonds. The maximum Gasteiger partial charge on any atom is 0.303 e. The van der Waals surface area contributed by atoms with E-state index < -0.39 is 183 Å². The summed E-state index contributed by atoms with van der Waals surface area (Å²) < 4.78 is 31.9. The first-order valence-electron chi connectivity index (χ1n) is 27.2. The van der Waals surface area contributed by atoms with Crippen molar-refractivity contribution in [2.75, 3.05) is 32.8 Å². The lowest BCUT2D eigenvalue weighted by atomic mass is 9.82. The van der Waals surface area contributed by atoms with Gasteiger partial charge in [0.1, 0.15) is 55.0 Å². The molecule has 6 atom stereocenters. The average Bonchev–Trinajstić information content (AvgIpc) is 3.43. The fourth-order valence-corrected chi connectivity index (χ4v) is 9.19. The minimum atomic E-state index is -1.82. The van der Waals surface area contributed by atoms with Crippen LogP contribution in [0.3, 0.4) is 0 Å². The monoisotopic (exact) mass is 1200 g/mol. The number of aromatic nitrogens is 2. The fraction of sp³-hybridized carbons (Fsp3) is 0.397. The second kappa shape index (κ2) is 31.2. The molecule has 26 nitrogen and oxygen atoms in total. The molecule has 2 aromatic carbocycles. The van der Waals surface area contributed by atoms with Crippen LogP contribution in [0.2, 0.25) is 0 Å². The summed E-state index contributed by atoms with van der Waals surface area (Å²) in [5, 5.41) is 36.9. The number of carboxylic acids is 1. The van der Waals surface area contributed by atoms with E-state index in [1.54, 1.807) is 67.9 Å². The molecule has 460 valence electrons. The summed E-state index contributed by atoms with van der Waals surface area (Å²) in [5.74, 6) is -12.7. The van der Waals surface area contributed by atoms with Crippen molar-refractivity contribution in [3.63, 3.8) is 0 Å². The lowest BCUT2D eigenvalue weighted by Gasteiger charge is -2.41. The van der Waals surface area contributed by atoms with Gasteiger partial charge in [-0.2, -0.15) is 0 Å². The Morgan fingerprint density at radius 2 is 1.29 bits per heavy atom. The molecule has 28 heteroatoms. The molecule has 0 aliphatic carbocycles. The summed E-state index contributed by atoms with van der Waals surface area (Å²) in [6.45, 7) is 4.95. The molecule has 0 saturated heterocycles. The number of amides is 11. The number of pyridine rings is 1. The molecule has 5 rings (SSSR count). The van der Waals surface area contributed by atoms with E-state index in [9.17, 15) is 72.1 Å². The van der Waals surface area contributed by atoms with Gasteiger partial charge < -0.3 is 62.6 Å². The maximum atomic E-state index is 15.5. The highest BCUT2D eigenvalue weighted by atomic mass is 19.1. The number of primary amides is 1. The summed E-state index contributed by atoms with van der Waals surface area (Å²) in [6.07, 6.45) is 3.97. The number of benzene rings is 2. The summed E-state index contributed by atoms with van der Waals surface area (Å²) >= 11 is 0. The topological polar surface area (TPSA) is 380 Å². The number of halogens is 2. The lowest BCUT2D eigenvalue weighted by molar-refractivity contribution is -0.141. The molecule has 3 heterocycles. The number of rotatable bonds is 31. The summed E-state index contributed by atoms with van der Waals surface area (Å²) in [7, 11) is 0. The number of carbonyl (C=O) groups is 12. The molecule has 0 fully saturated rings. The van der Waals surface area contributed by atoms with E-state index in [0.717, 1.165) is 35.9 Å². The van der Waals surface area contributed by atoms with E-state index in [-0.39, 0.29) is 24.1 Å². The van der Waals surface area contributed by atoms with Gasteiger partial charge in [0.25, 0.3) is 11.8 Å². The molecule has 2 aromatic heterocycles. The van der Waals surface area contributed by atoms with Gasteiger partial charge in [-0.05, 0) is 79.6 Å². The Hall–Kier alpha value is -9.73. The average molecular weight is 1200 g/mol. The van der Waals surface area contributed by atoms with Gasteiger partial charge in [-0.3, -0.25) is 67.4 Å². The molecular formula is C58H70F2N12O14. The number of hydrogen-bond acceptors (Lipinski definition) is 14. The van der Waals surface area contributed by atoms with Gasteiger partial charge in [0, 0.05) is 80.2 Å². The first-order chi connectivity index (χ1) is 40.6. The highest BCUT2D eigenvalue weighted by Crippen LogP contribution is 2.41. The van der Waals surface area contributed by atoms with Crippen molar-refractivity contribution >= 4 is 70.9 Å². The first kappa shape index (κ1) is 67.1. The minimum Gasteiger partial charge on any atom is -0.481 e. The number of nitrogens with zero attached hydrogens (tertiary/aromatic N) is 4. The van der Waals surface area contributed by atoms with Crippen LogP contribution in [0.4, 0.5) is 8.78 Å². The Morgan fingerprint density at radius 3 is 1.88 bits per heavy atom. The quantitative estimate of drug-likeness (QED) is 0.0230. The molecule has 0 bridgehead atoms. The first-order valence-corrected chi connectivity index (χ1v) is 27.2. The molecule has 1 aliphatic rings. The van der Waals surface area contributed by atoms with Crippen LogP contribution in [0.1, 0.15) is 83.2 Å². The van der Waals surface area contributed by atoms with Crippen molar-refractivity contribution in [3.05, 3.63) is 126 Å². The van der Waals surface area contributed by atoms with Crippen LogP contribution >= 0.6 is 0 Å². The predicted molar refractivity (Wildman–Crippen MR) is 302 cm³/mol. The van der Waals surface area contributed by atoms with Gasteiger partial charge in [-0.1, -0.05) is 51.1 Å². The van der Waals surface area contributed by atoms with Crippen molar-refractivity contribution in [2.24, 2.45) is 11.1 Å². The zero-order valence-corrected chi connectivity index (χ0v) is 47.9. The summed E-state index contributed by atoms with van der Waals surface area (Å²) in [4.78, 5) is 162. The Labute approximate surface area is 493 Å². The molecular weight excluding hydrogens is 1130 g/mol. The maximum absolute atomic E-state index is 15.5. The van der Waals surface area contributed by atoms with Crippen molar-refractivity contribution in [1.29, 1.82) is 0 Å². The Bertz CT molecular complexity index is 3170. The van der Waals surface area contributed by atoms with Crippen LogP contribution in [0.5, 0.6) is 0 Å². The minimum absolute atomic E-state index is 0.0844. The van der Waals surface area contributed by atoms with Crippen LogP contribution in [0.15, 0.2) is 97.5 Å². The SMILES string of the molecule is C[C@H](NC(=O)Cc1ccncc1)C(=O)N[C@H](C)C(=O)N[C@@H](CC(N)=O)C(=O)N[C@@H](CCN(C(=O)CO)[C@@H](c1cc(-c2cc(F)ccc2F)cn1Cc1ccccc1)C(C)(C)C)C(=O)NCCNC(=O)[C@@H](CCC(=O)O)NC(=O)CN1C(=O)C=CC1=O. The summed E-state index contributed by atoms with van der Waals surface area (Å²) in [5.41, 5.74) is 6.47. The lowest BCUT2D eigenvalue weighted by Crippen LogP contribution is -2.58. The molecule has 86 heavy (non-hydrogen) atoms. The number of aliphatic carboxylic acids is 1. The molecule has 0 spiro atoms. The molecule has 0 radical (unpaired) electrons. The third-order valence-electron chi connectivity index (χ3n) is 13.4. The smallest absolute Gasteiger partial charge is 0.303 e. The van der Waals surface area contributed by atoms with Crippen molar-refractivity contribution in [1.82, 2.24) is 56.6 Å². The number of carboxylic acid groups (broad SMARTS) is 1. The summed E-state index contributed by atoms with van der Waals surface area (Å²) in [6, 6.07) is 8.14. The molecule has 0 unspecified atom stereocenters. The molecule has 1 aliphatic heterocycles. The number of hydrogen-bond donors (Lipinski definition) is 10. The molecule has 11 N–H and O–H groups in total. The number of nitrogens with two attached hydrogens (primary N) is 1. The van der Waals surface area contributed by atoms with E-state index in [0.29, 0.717) is 16.2 Å². The Balaban J connectivity index is 1.42. The van der Waals surface area contributed by atoms with Crippen molar-refractivity contribution < 1.29 is 76.5 Å². The number of imide groups is 1. The van der Waals surface area contributed by atoms with Crippen molar-refractivity contribution in [3.8, 4) is 11.1 Å². The zero-order chi connectivity index (χ0) is 63.4. The normalized spacial score (nSPS) is 14.1. The number of nitrogens with one attached hydrogen (secondary N) is 7. The second-order valence-corrected chi connectivity index (χ2v) is 21.3. The largest absolute Gasteiger partial charge is 0.481 e. The zero-order valence-electron chi connectivity index (χ0n) is 47.9. The van der Waals surface area contributed by atoms with Gasteiger partial charge >= 0.3 is 5.97 Å². The highest BCUT2D eigenvalue weighted by Gasteiger charge is 2.39. The highest BCUT2D eigenvalue weighted by molar-refractivity contribution is 6.14. The Kier molecular flexibility index (Phi) is 24.4. The Morgan fingerprint density at radius 1 is 0.698 bits per heavy atom. The van der Waals surface area contributed by atoms with Gasteiger partial charge in [0.05, 0.1) is 18.9 Å². The van der Waals surface area contributed by atoms with E-state index >= 15 is 4.39 Å². The van der Waals surface area contributed by atoms with E-state index in [4.69, 9.17) is 5.73 Å².